The predicted octanol–water partition coefficient (Wildman–Crippen LogP) is 1.40. The molecule has 0 spiro atoms. The number of nitrogens with one attached hydrogen (secondary N) is 3. The van der Waals surface area contributed by atoms with Gasteiger partial charge in [-0.2, -0.15) is 0 Å². The third-order valence-electron chi connectivity index (χ3n) is 3.46. The van der Waals surface area contributed by atoms with Crippen LogP contribution in [0.3, 0.4) is 0 Å². The van der Waals surface area contributed by atoms with Crippen LogP contribution in [0.4, 0.5) is 0 Å². The minimum absolute atomic E-state index is 0. The lowest BCUT2D eigenvalue weighted by molar-refractivity contribution is 0.580. The van der Waals surface area contributed by atoms with E-state index in [0.717, 1.165) is 17.8 Å². The molecular weight excluding hydrogens is 499 g/mol. The van der Waals surface area contributed by atoms with E-state index in [0.29, 0.717) is 19.0 Å². The van der Waals surface area contributed by atoms with Gasteiger partial charge in [-0.15, -0.1) is 35.3 Å². The maximum Gasteiger partial charge on any atom is 0.242 e. The molecule has 2 aromatic heterocycles. The van der Waals surface area contributed by atoms with Crippen LogP contribution in [0.1, 0.15) is 16.8 Å². The summed E-state index contributed by atoms with van der Waals surface area (Å²) >= 11 is 1.72. The van der Waals surface area contributed by atoms with Gasteiger partial charge >= 0.3 is 0 Å². The summed E-state index contributed by atoms with van der Waals surface area (Å²) in [6.07, 6.45) is 6.59. The lowest BCUT2D eigenvalue weighted by Gasteiger charge is -2.12. The normalized spacial score (nSPS) is 11.7. The van der Waals surface area contributed by atoms with Crippen LogP contribution in [-0.4, -0.2) is 51.0 Å². The Kier molecular flexibility index (Phi) is 10.7. The number of aliphatic imine (C=N–C) groups is 1. The molecule has 0 fully saturated rings. The first-order valence-corrected chi connectivity index (χ1v) is 10.6. The van der Waals surface area contributed by atoms with Gasteiger partial charge in [0.1, 0.15) is 4.90 Å². The summed E-state index contributed by atoms with van der Waals surface area (Å²) < 4.78 is 26.7. The number of thiazole rings is 1. The molecule has 0 aliphatic rings. The highest BCUT2D eigenvalue weighted by Gasteiger charge is 2.12. The van der Waals surface area contributed by atoms with Crippen molar-refractivity contribution < 1.29 is 8.42 Å². The highest BCUT2D eigenvalue weighted by atomic mass is 127. The number of aromatic nitrogens is 2. The second-order valence-electron chi connectivity index (χ2n) is 5.34. The van der Waals surface area contributed by atoms with Gasteiger partial charge in [-0.25, -0.2) is 18.1 Å². The van der Waals surface area contributed by atoms with Gasteiger partial charge in [0, 0.05) is 56.6 Å². The van der Waals surface area contributed by atoms with Crippen molar-refractivity contribution in [3.05, 3.63) is 40.6 Å². The summed E-state index contributed by atoms with van der Waals surface area (Å²) in [6.45, 7) is 3.47. The molecule has 0 aromatic carbocycles. The number of pyridine rings is 1. The van der Waals surface area contributed by atoms with E-state index in [1.54, 1.807) is 24.5 Å². The van der Waals surface area contributed by atoms with Gasteiger partial charge in [0.2, 0.25) is 10.0 Å². The smallest absolute Gasteiger partial charge is 0.242 e. The Morgan fingerprint density at radius 1 is 1.22 bits per heavy atom. The maximum atomic E-state index is 12.1. The molecule has 0 unspecified atom stereocenters. The van der Waals surface area contributed by atoms with E-state index in [4.69, 9.17) is 0 Å². The monoisotopic (exact) mass is 524 g/mol. The summed E-state index contributed by atoms with van der Waals surface area (Å²) in [5.74, 6) is 0.623. The Hall–Kier alpha value is -1.31. The third-order valence-corrected chi connectivity index (χ3v) is 6.11. The molecule has 2 rings (SSSR count). The summed E-state index contributed by atoms with van der Waals surface area (Å²) in [5, 5.41) is 7.36. The van der Waals surface area contributed by atoms with Gasteiger partial charge in [-0.05, 0) is 18.6 Å². The molecule has 0 aliphatic heterocycles. The number of nitrogens with zero attached hydrogens (tertiary/aromatic N) is 3. The average molecular weight is 524 g/mol. The van der Waals surface area contributed by atoms with Crippen LogP contribution in [0, 0.1) is 0 Å². The Morgan fingerprint density at radius 2 is 2.00 bits per heavy atom. The molecular formula is C16H25IN6O2S2. The lowest BCUT2D eigenvalue weighted by atomic mass is 10.4. The molecule has 2 heterocycles. The molecule has 0 amide bonds. The van der Waals surface area contributed by atoms with E-state index in [1.165, 1.54) is 23.3 Å². The van der Waals surface area contributed by atoms with Crippen LogP contribution in [0.5, 0.6) is 0 Å². The van der Waals surface area contributed by atoms with Crippen molar-refractivity contribution in [2.45, 2.75) is 24.7 Å². The minimum Gasteiger partial charge on any atom is -0.356 e. The first kappa shape index (κ1) is 23.7. The van der Waals surface area contributed by atoms with Crippen molar-refractivity contribution in [3.8, 4) is 0 Å². The second-order valence-corrected chi connectivity index (χ2v) is 8.30. The SMILES string of the molecule is CCc1cnc(CCNC(=NC)NCCNS(=O)(=O)c2cccnc2)s1.I. The van der Waals surface area contributed by atoms with Crippen molar-refractivity contribution in [3.63, 3.8) is 0 Å². The number of hydrogen-bond acceptors (Lipinski definition) is 6. The number of aryl methyl sites for hydroxylation is 1. The van der Waals surface area contributed by atoms with E-state index >= 15 is 0 Å². The standard InChI is InChI=1S/C16H24N6O2S2.HI/c1-3-13-11-21-15(25-13)6-8-19-16(17-2)20-9-10-22-26(23,24)14-5-4-7-18-12-14;/h4-5,7,11-12,22H,3,6,8-10H2,1-2H3,(H2,17,19,20);1H. The fourth-order valence-corrected chi connectivity index (χ4v) is 3.95. The number of hydrogen-bond donors (Lipinski definition) is 3. The van der Waals surface area contributed by atoms with Crippen LogP contribution in [-0.2, 0) is 22.9 Å². The highest BCUT2D eigenvalue weighted by molar-refractivity contribution is 14.0. The fraction of sp³-hybridized carbons (Fsp3) is 0.438. The number of guanidine groups is 1. The summed E-state index contributed by atoms with van der Waals surface area (Å²) in [4.78, 5) is 13.7. The van der Waals surface area contributed by atoms with Crippen molar-refractivity contribution in [1.29, 1.82) is 0 Å². The van der Waals surface area contributed by atoms with E-state index in [9.17, 15) is 8.42 Å². The Labute approximate surface area is 181 Å². The van der Waals surface area contributed by atoms with Gasteiger partial charge in [-0.1, -0.05) is 6.92 Å². The van der Waals surface area contributed by atoms with Gasteiger partial charge in [0.25, 0.3) is 0 Å². The zero-order chi connectivity index (χ0) is 18.8. The average Bonchev–Trinajstić information content (AvgIpc) is 3.12. The lowest BCUT2D eigenvalue weighted by Crippen LogP contribution is -2.42. The van der Waals surface area contributed by atoms with Gasteiger partial charge in [0.15, 0.2) is 5.96 Å². The quantitative estimate of drug-likeness (QED) is 0.198. The van der Waals surface area contributed by atoms with E-state index in [-0.39, 0.29) is 35.4 Å². The summed E-state index contributed by atoms with van der Waals surface area (Å²) in [5.41, 5.74) is 0. The molecule has 11 heteroatoms. The predicted molar refractivity (Wildman–Crippen MR) is 119 cm³/mol. The first-order chi connectivity index (χ1) is 12.5. The molecule has 0 saturated carbocycles. The van der Waals surface area contributed by atoms with Crippen LogP contribution >= 0.6 is 35.3 Å². The summed E-state index contributed by atoms with van der Waals surface area (Å²) in [6, 6.07) is 3.09. The van der Waals surface area contributed by atoms with Crippen LogP contribution < -0.4 is 15.4 Å². The molecule has 3 N–H and O–H groups in total. The zero-order valence-electron chi connectivity index (χ0n) is 15.3. The fourth-order valence-electron chi connectivity index (χ4n) is 2.09. The van der Waals surface area contributed by atoms with E-state index in [1.807, 2.05) is 6.20 Å². The highest BCUT2D eigenvalue weighted by Crippen LogP contribution is 2.13. The van der Waals surface area contributed by atoms with Gasteiger partial charge < -0.3 is 10.6 Å². The Morgan fingerprint density at radius 3 is 2.63 bits per heavy atom. The van der Waals surface area contributed by atoms with Crippen molar-refractivity contribution in [2.75, 3.05) is 26.7 Å². The Bertz CT molecular complexity index is 811. The molecule has 0 aliphatic carbocycles. The van der Waals surface area contributed by atoms with Crippen LogP contribution in [0.15, 0.2) is 40.6 Å². The molecule has 0 atom stereocenters. The van der Waals surface area contributed by atoms with Crippen molar-refractivity contribution in [1.82, 2.24) is 25.3 Å². The van der Waals surface area contributed by atoms with E-state index in [2.05, 4.69) is 37.2 Å². The second kappa shape index (κ2) is 12.2. The topological polar surface area (TPSA) is 108 Å². The van der Waals surface area contributed by atoms with Crippen LogP contribution in [0.25, 0.3) is 0 Å². The zero-order valence-corrected chi connectivity index (χ0v) is 19.3. The van der Waals surface area contributed by atoms with Crippen LogP contribution in [0.2, 0.25) is 0 Å². The number of rotatable bonds is 9. The summed E-state index contributed by atoms with van der Waals surface area (Å²) in [7, 11) is -1.86. The van der Waals surface area contributed by atoms with Gasteiger partial charge in [0.05, 0.1) is 5.01 Å². The molecule has 8 nitrogen and oxygen atoms in total. The molecule has 0 radical (unpaired) electrons. The van der Waals surface area contributed by atoms with Gasteiger partial charge in [-0.3, -0.25) is 9.98 Å². The van der Waals surface area contributed by atoms with Crippen molar-refractivity contribution in [2.24, 2.45) is 4.99 Å². The molecule has 2 aromatic rings. The minimum atomic E-state index is -3.54. The molecule has 27 heavy (non-hydrogen) atoms. The Balaban J connectivity index is 0.00000364. The molecule has 0 bridgehead atoms. The van der Waals surface area contributed by atoms with Crippen molar-refractivity contribution >= 4 is 51.3 Å². The van der Waals surface area contributed by atoms with E-state index < -0.39 is 10.0 Å². The number of sulfonamides is 1. The molecule has 0 saturated heterocycles. The largest absolute Gasteiger partial charge is 0.356 e. The molecule has 150 valence electrons. The third kappa shape index (κ3) is 8.07. The number of halogens is 1. The first-order valence-electron chi connectivity index (χ1n) is 8.33. The maximum absolute atomic E-state index is 12.1.